The second-order valence-electron chi connectivity index (χ2n) is 5.94. The number of carbonyl (C=O) groups excluding carboxylic acids is 1. The lowest BCUT2D eigenvalue weighted by Crippen LogP contribution is -2.33. The summed E-state index contributed by atoms with van der Waals surface area (Å²) in [5, 5.41) is 23.7. The molecule has 0 saturated heterocycles. The van der Waals surface area contributed by atoms with E-state index >= 15 is 0 Å². The summed E-state index contributed by atoms with van der Waals surface area (Å²) in [5.41, 5.74) is 1.23. The van der Waals surface area contributed by atoms with Gasteiger partial charge in [-0.25, -0.2) is 4.39 Å². The summed E-state index contributed by atoms with van der Waals surface area (Å²) < 4.78 is 12.9. The zero-order chi connectivity index (χ0) is 18.6. The van der Waals surface area contributed by atoms with Gasteiger partial charge < -0.3 is 10.4 Å². The Morgan fingerprint density at radius 2 is 1.92 bits per heavy atom. The van der Waals surface area contributed by atoms with Crippen LogP contribution in [0.3, 0.4) is 0 Å². The van der Waals surface area contributed by atoms with Gasteiger partial charge in [0.15, 0.2) is 0 Å². The smallest absolute Gasteiger partial charge is 0.272 e. The Kier molecular flexibility index (Phi) is 5.82. The van der Waals surface area contributed by atoms with Crippen molar-refractivity contribution in [1.29, 1.82) is 0 Å². The number of nitro groups is 1. The van der Waals surface area contributed by atoms with E-state index in [0.717, 1.165) is 0 Å². The van der Waals surface area contributed by atoms with Crippen molar-refractivity contribution in [3.8, 4) is 0 Å². The standard InChI is InChI=1S/C18H19FN2O4/c1-11-9-14(5-8-16(11)21(24)25)18(23)20-12(2)10-17(22)13-3-6-15(19)7-4-13/h3-9,12,17,22H,10H2,1-2H3,(H,20,23)/t12-,17-/m1/s1. The van der Waals surface area contributed by atoms with Crippen molar-refractivity contribution >= 4 is 11.6 Å². The molecule has 25 heavy (non-hydrogen) atoms. The number of rotatable bonds is 6. The van der Waals surface area contributed by atoms with Crippen LogP contribution in [0.1, 0.15) is 40.9 Å². The molecule has 2 N–H and O–H groups in total. The molecule has 2 aromatic rings. The molecule has 0 bridgehead atoms. The van der Waals surface area contributed by atoms with Crippen molar-refractivity contribution in [2.45, 2.75) is 32.4 Å². The number of halogens is 1. The molecule has 2 atom stereocenters. The Hall–Kier alpha value is -2.80. The average molecular weight is 346 g/mol. The fraction of sp³-hybridized carbons (Fsp3) is 0.278. The van der Waals surface area contributed by atoms with Crippen molar-refractivity contribution < 1.29 is 19.2 Å². The van der Waals surface area contributed by atoms with Crippen LogP contribution in [0.5, 0.6) is 0 Å². The third-order valence-electron chi connectivity index (χ3n) is 3.86. The van der Waals surface area contributed by atoms with Gasteiger partial charge in [-0.3, -0.25) is 14.9 Å². The summed E-state index contributed by atoms with van der Waals surface area (Å²) in [6.07, 6.45) is -0.585. The van der Waals surface area contributed by atoms with E-state index in [-0.39, 0.29) is 29.9 Å². The van der Waals surface area contributed by atoms with Gasteiger partial charge in [-0.15, -0.1) is 0 Å². The largest absolute Gasteiger partial charge is 0.388 e. The molecule has 0 aliphatic carbocycles. The third kappa shape index (κ3) is 4.84. The minimum absolute atomic E-state index is 0.0451. The van der Waals surface area contributed by atoms with Crippen molar-refractivity contribution in [2.75, 3.05) is 0 Å². The van der Waals surface area contributed by atoms with Crippen LogP contribution in [0, 0.1) is 22.9 Å². The normalized spacial score (nSPS) is 13.1. The lowest BCUT2D eigenvalue weighted by atomic mass is 10.0. The summed E-state index contributed by atoms with van der Waals surface area (Å²) in [7, 11) is 0. The maximum Gasteiger partial charge on any atom is 0.272 e. The molecule has 0 saturated carbocycles. The fourth-order valence-corrected chi connectivity index (χ4v) is 2.52. The van der Waals surface area contributed by atoms with Crippen molar-refractivity contribution in [3.05, 3.63) is 75.1 Å². The van der Waals surface area contributed by atoms with Gasteiger partial charge in [0.2, 0.25) is 0 Å². The number of aliphatic hydroxyl groups excluding tert-OH is 1. The van der Waals surface area contributed by atoms with E-state index in [1.807, 2.05) is 0 Å². The highest BCUT2D eigenvalue weighted by Crippen LogP contribution is 2.20. The van der Waals surface area contributed by atoms with Crippen LogP contribution < -0.4 is 5.32 Å². The van der Waals surface area contributed by atoms with Gasteiger partial charge in [-0.1, -0.05) is 12.1 Å². The SMILES string of the molecule is Cc1cc(C(=O)N[C@H](C)C[C@@H](O)c2ccc(F)cc2)ccc1[N+](=O)[O-]. The Bertz CT molecular complexity index is 777. The molecule has 0 aromatic heterocycles. The molecule has 0 spiro atoms. The van der Waals surface area contributed by atoms with Crippen LogP contribution in [-0.4, -0.2) is 22.0 Å². The number of aliphatic hydroxyl groups is 1. The molecule has 0 fully saturated rings. The second kappa shape index (κ2) is 7.85. The van der Waals surface area contributed by atoms with Gasteiger partial charge in [0.25, 0.3) is 11.6 Å². The topological polar surface area (TPSA) is 92.5 Å². The summed E-state index contributed by atoms with van der Waals surface area (Å²) in [6.45, 7) is 3.31. The van der Waals surface area contributed by atoms with Crippen molar-refractivity contribution in [2.24, 2.45) is 0 Å². The highest BCUT2D eigenvalue weighted by atomic mass is 19.1. The van der Waals surface area contributed by atoms with Gasteiger partial charge in [-0.05, 0) is 50.1 Å². The Balaban J connectivity index is 1.98. The first-order valence-electron chi connectivity index (χ1n) is 7.77. The lowest BCUT2D eigenvalue weighted by Gasteiger charge is -2.18. The molecule has 7 heteroatoms. The van der Waals surface area contributed by atoms with Crippen LogP contribution in [0.4, 0.5) is 10.1 Å². The number of carbonyl (C=O) groups is 1. The minimum Gasteiger partial charge on any atom is -0.388 e. The van der Waals surface area contributed by atoms with Crippen LogP contribution in [0.25, 0.3) is 0 Å². The molecule has 0 heterocycles. The van der Waals surface area contributed by atoms with Gasteiger partial charge in [0.1, 0.15) is 5.82 Å². The molecule has 0 radical (unpaired) electrons. The van der Waals surface area contributed by atoms with Crippen molar-refractivity contribution in [1.82, 2.24) is 5.32 Å². The van der Waals surface area contributed by atoms with Crippen molar-refractivity contribution in [3.63, 3.8) is 0 Å². The highest BCUT2D eigenvalue weighted by molar-refractivity contribution is 5.94. The number of hydrogen-bond acceptors (Lipinski definition) is 4. The molecule has 0 aliphatic heterocycles. The number of amides is 1. The second-order valence-corrected chi connectivity index (χ2v) is 5.94. The van der Waals surface area contributed by atoms with Crippen LogP contribution in [0.2, 0.25) is 0 Å². The van der Waals surface area contributed by atoms with E-state index in [2.05, 4.69) is 5.32 Å². The monoisotopic (exact) mass is 346 g/mol. The maximum absolute atomic E-state index is 12.9. The van der Waals surface area contributed by atoms with Gasteiger partial charge >= 0.3 is 0 Å². The number of nitrogens with zero attached hydrogens (tertiary/aromatic N) is 1. The van der Waals surface area contributed by atoms with E-state index in [4.69, 9.17) is 0 Å². The maximum atomic E-state index is 12.9. The molecular formula is C18H19FN2O4. The first-order chi connectivity index (χ1) is 11.8. The molecule has 2 rings (SSSR count). The summed E-state index contributed by atoms with van der Waals surface area (Å²) in [4.78, 5) is 22.5. The zero-order valence-electron chi connectivity index (χ0n) is 13.9. The van der Waals surface area contributed by atoms with Gasteiger partial charge in [-0.2, -0.15) is 0 Å². The van der Waals surface area contributed by atoms with E-state index < -0.39 is 11.0 Å². The molecule has 1 amide bonds. The quantitative estimate of drug-likeness (QED) is 0.620. The van der Waals surface area contributed by atoms with E-state index in [1.54, 1.807) is 13.8 Å². The Labute approximate surface area is 144 Å². The number of aryl methyl sites for hydroxylation is 1. The predicted octanol–water partition coefficient (Wildman–Crippen LogP) is 3.28. The zero-order valence-corrected chi connectivity index (χ0v) is 13.9. The first kappa shape index (κ1) is 18.5. The summed E-state index contributed by atoms with van der Waals surface area (Å²) >= 11 is 0. The molecular weight excluding hydrogens is 327 g/mol. The molecule has 0 aliphatic rings. The molecule has 2 aromatic carbocycles. The van der Waals surface area contributed by atoms with Gasteiger partial charge in [0, 0.05) is 23.2 Å². The first-order valence-corrected chi connectivity index (χ1v) is 7.77. The van der Waals surface area contributed by atoms with Gasteiger partial charge in [0.05, 0.1) is 11.0 Å². The number of nitro benzene ring substituents is 1. The minimum atomic E-state index is -0.838. The molecule has 132 valence electrons. The lowest BCUT2D eigenvalue weighted by molar-refractivity contribution is -0.385. The highest BCUT2D eigenvalue weighted by Gasteiger charge is 2.17. The van der Waals surface area contributed by atoms with Crippen LogP contribution in [0.15, 0.2) is 42.5 Å². The van der Waals surface area contributed by atoms with Crippen LogP contribution in [-0.2, 0) is 0 Å². The predicted molar refractivity (Wildman–Crippen MR) is 90.7 cm³/mol. The number of nitrogens with one attached hydrogen (secondary N) is 1. The third-order valence-corrected chi connectivity index (χ3v) is 3.86. The molecule has 6 nitrogen and oxygen atoms in total. The number of hydrogen-bond donors (Lipinski definition) is 2. The van der Waals surface area contributed by atoms with E-state index in [0.29, 0.717) is 16.7 Å². The van der Waals surface area contributed by atoms with Crippen LogP contribution >= 0.6 is 0 Å². The fourth-order valence-electron chi connectivity index (χ4n) is 2.52. The molecule has 0 unspecified atom stereocenters. The van der Waals surface area contributed by atoms with E-state index in [9.17, 15) is 24.4 Å². The Morgan fingerprint density at radius 1 is 1.28 bits per heavy atom. The average Bonchev–Trinajstić information content (AvgIpc) is 2.54. The summed E-state index contributed by atoms with van der Waals surface area (Å²) in [5.74, 6) is -0.761. The summed E-state index contributed by atoms with van der Waals surface area (Å²) in [6, 6.07) is 9.32. The van der Waals surface area contributed by atoms with E-state index in [1.165, 1.54) is 42.5 Å². The Morgan fingerprint density at radius 3 is 2.48 bits per heavy atom. The number of benzene rings is 2.